The van der Waals surface area contributed by atoms with Crippen LogP contribution in [0.5, 0.6) is 5.75 Å². The molecule has 1 atom stereocenters. The van der Waals surface area contributed by atoms with Crippen molar-refractivity contribution in [2.45, 2.75) is 18.9 Å². The Hall–Kier alpha value is -1.26. The van der Waals surface area contributed by atoms with E-state index in [0.29, 0.717) is 23.2 Å². The molecule has 19 heavy (non-hydrogen) atoms. The number of piperidine rings is 1. The van der Waals surface area contributed by atoms with Crippen LogP contribution in [0.15, 0.2) is 18.2 Å². The maximum Gasteiger partial charge on any atom is 0.257 e. The van der Waals surface area contributed by atoms with Gasteiger partial charge in [-0.15, -0.1) is 0 Å². The SMILES string of the molecule is CN(C)C1CCCN(C(=O)c2ccc(Cl)cc2O)C1. The van der Waals surface area contributed by atoms with E-state index in [4.69, 9.17) is 11.6 Å². The summed E-state index contributed by atoms with van der Waals surface area (Å²) in [6.45, 7) is 1.44. The standard InChI is InChI=1S/C14H19ClN2O2/c1-16(2)11-4-3-7-17(9-11)14(19)12-6-5-10(15)8-13(12)18/h5-6,8,11,18H,3-4,7,9H2,1-2H3. The molecule has 4 nitrogen and oxygen atoms in total. The molecule has 0 bridgehead atoms. The molecule has 1 saturated heterocycles. The van der Waals surface area contributed by atoms with Gasteiger partial charge in [-0.05, 0) is 45.1 Å². The van der Waals surface area contributed by atoms with Crippen molar-refractivity contribution < 1.29 is 9.90 Å². The molecule has 1 heterocycles. The number of nitrogens with zero attached hydrogens (tertiary/aromatic N) is 2. The predicted molar refractivity (Wildman–Crippen MR) is 75.7 cm³/mol. The minimum Gasteiger partial charge on any atom is -0.507 e. The molecule has 1 unspecified atom stereocenters. The monoisotopic (exact) mass is 282 g/mol. The third kappa shape index (κ3) is 3.19. The number of hydrogen-bond acceptors (Lipinski definition) is 3. The summed E-state index contributed by atoms with van der Waals surface area (Å²) in [5.74, 6) is -0.176. The maximum absolute atomic E-state index is 12.4. The predicted octanol–water partition coefficient (Wildman–Crippen LogP) is 2.21. The first-order valence-electron chi connectivity index (χ1n) is 6.43. The van der Waals surface area contributed by atoms with Gasteiger partial charge in [0.25, 0.3) is 5.91 Å². The van der Waals surface area contributed by atoms with Gasteiger partial charge in [0.2, 0.25) is 0 Å². The second kappa shape index (κ2) is 5.80. The highest BCUT2D eigenvalue weighted by molar-refractivity contribution is 6.30. The van der Waals surface area contributed by atoms with Crippen LogP contribution < -0.4 is 0 Å². The number of likely N-dealkylation sites (tertiary alicyclic amines) is 1. The first-order chi connectivity index (χ1) is 8.99. The molecule has 0 radical (unpaired) electrons. The van der Waals surface area contributed by atoms with Crippen molar-refractivity contribution in [2.75, 3.05) is 27.2 Å². The molecule has 0 aliphatic carbocycles. The quantitative estimate of drug-likeness (QED) is 0.904. The second-order valence-corrected chi connectivity index (χ2v) is 5.61. The van der Waals surface area contributed by atoms with Crippen molar-refractivity contribution in [1.82, 2.24) is 9.80 Å². The molecule has 0 spiro atoms. The van der Waals surface area contributed by atoms with E-state index in [1.165, 1.54) is 6.07 Å². The molecular formula is C14H19ClN2O2. The topological polar surface area (TPSA) is 43.8 Å². The van der Waals surface area contributed by atoms with Crippen molar-refractivity contribution >= 4 is 17.5 Å². The zero-order chi connectivity index (χ0) is 14.0. The molecule has 1 N–H and O–H groups in total. The Morgan fingerprint density at radius 1 is 1.47 bits per heavy atom. The molecule has 2 rings (SSSR count). The number of phenolic OH excluding ortho intramolecular Hbond substituents is 1. The number of carbonyl (C=O) groups excluding carboxylic acids is 1. The fourth-order valence-corrected chi connectivity index (χ4v) is 2.58. The smallest absolute Gasteiger partial charge is 0.257 e. The zero-order valence-corrected chi connectivity index (χ0v) is 12.0. The summed E-state index contributed by atoms with van der Waals surface area (Å²) in [6, 6.07) is 5.00. The summed E-state index contributed by atoms with van der Waals surface area (Å²) in [5.41, 5.74) is 0.323. The lowest BCUT2D eigenvalue weighted by atomic mass is 10.0. The van der Waals surface area contributed by atoms with Gasteiger partial charge in [-0.3, -0.25) is 4.79 Å². The Bertz CT molecular complexity index is 477. The first-order valence-corrected chi connectivity index (χ1v) is 6.81. The number of benzene rings is 1. The number of halogens is 1. The fraction of sp³-hybridized carbons (Fsp3) is 0.500. The summed E-state index contributed by atoms with van der Waals surface area (Å²) < 4.78 is 0. The Morgan fingerprint density at radius 3 is 2.84 bits per heavy atom. The third-order valence-electron chi connectivity index (χ3n) is 3.60. The van der Waals surface area contributed by atoms with Gasteiger partial charge in [-0.25, -0.2) is 0 Å². The minimum atomic E-state index is -0.124. The highest BCUT2D eigenvalue weighted by atomic mass is 35.5. The number of phenols is 1. The molecule has 1 aliphatic heterocycles. The van der Waals surface area contributed by atoms with Crippen LogP contribution in [0.4, 0.5) is 0 Å². The summed E-state index contributed by atoms with van der Waals surface area (Å²) in [5, 5.41) is 10.3. The highest BCUT2D eigenvalue weighted by Crippen LogP contribution is 2.25. The van der Waals surface area contributed by atoms with Crippen molar-refractivity contribution in [1.29, 1.82) is 0 Å². The average molecular weight is 283 g/mol. The van der Waals surface area contributed by atoms with E-state index in [0.717, 1.165) is 19.4 Å². The van der Waals surface area contributed by atoms with Gasteiger partial charge in [0.1, 0.15) is 5.75 Å². The van der Waals surface area contributed by atoms with Crippen molar-refractivity contribution in [2.24, 2.45) is 0 Å². The van der Waals surface area contributed by atoms with Crippen LogP contribution in [0, 0.1) is 0 Å². The lowest BCUT2D eigenvalue weighted by molar-refractivity contribution is 0.0632. The van der Waals surface area contributed by atoms with Gasteiger partial charge < -0.3 is 14.9 Å². The molecule has 1 fully saturated rings. The van der Waals surface area contributed by atoms with E-state index in [9.17, 15) is 9.90 Å². The minimum absolute atomic E-state index is 0.0514. The normalized spacial score (nSPS) is 19.8. The van der Waals surface area contributed by atoms with Crippen LogP contribution in [0.25, 0.3) is 0 Å². The number of hydrogen-bond donors (Lipinski definition) is 1. The molecule has 0 aromatic heterocycles. The molecule has 1 aliphatic rings. The lowest BCUT2D eigenvalue weighted by Crippen LogP contribution is -2.47. The Balaban J connectivity index is 2.15. The van der Waals surface area contributed by atoms with Crippen molar-refractivity contribution in [3.8, 4) is 5.75 Å². The van der Waals surface area contributed by atoms with Gasteiger partial charge in [-0.1, -0.05) is 11.6 Å². The van der Waals surface area contributed by atoms with Crippen LogP contribution in [-0.2, 0) is 0 Å². The van der Waals surface area contributed by atoms with Gasteiger partial charge in [0.15, 0.2) is 0 Å². The Morgan fingerprint density at radius 2 is 2.21 bits per heavy atom. The van der Waals surface area contributed by atoms with Crippen LogP contribution in [0.2, 0.25) is 5.02 Å². The van der Waals surface area contributed by atoms with Crippen LogP contribution in [-0.4, -0.2) is 54.0 Å². The maximum atomic E-state index is 12.4. The van der Waals surface area contributed by atoms with Gasteiger partial charge in [0, 0.05) is 24.2 Å². The van der Waals surface area contributed by atoms with Crippen LogP contribution >= 0.6 is 11.6 Å². The number of likely N-dealkylation sites (N-methyl/N-ethyl adjacent to an activating group) is 1. The molecule has 5 heteroatoms. The first kappa shape index (κ1) is 14.2. The van der Waals surface area contributed by atoms with Gasteiger partial charge in [-0.2, -0.15) is 0 Å². The summed E-state index contributed by atoms with van der Waals surface area (Å²) in [6.07, 6.45) is 2.09. The largest absolute Gasteiger partial charge is 0.507 e. The van der Waals surface area contributed by atoms with Gasteiger partial charge in [0.05, 0.1) is 5.56 Å². The second-order valence-electron chi connectivity index (χ2n) is 5.17. The fourth-order valence-electron chi connectivity index (χ4n) is 2.42. The van der Waals surface area contributed by atoms with Crippen molar-refractivity contribution in [3.63, 3.8) is 0 Å². The Kier molecular flexibility index (Phi) is 4.32. The summed E-state index contributed by atoms with van der Waals surface area (Å²) >= 11 is 5.78. The molecular weight excluding hydrogens is 264 g/mol. The number of amides is 1. The van der Waals surface area contributed by atoms with E-state index in [1.807, 2.05) is 14.1 Å². The highest BCUT2D eigenvalue weighted by Gasteiger charge is 2.26. The van der Waals surface area contributed by atoms with E-state index in [2.05, 4.69) is 4.90 Å². The van der Waals surface area contributed by atoms with E-state index < -0.39 is 0 Å². The van der Waals surface area contributed by atoms with Crippen molar-refractivity contribution in [3.05, 3.63) is 28.8 Å². The Labute approximate surface area is 118 Å². The zero-order valence-electron chi connectivity index (χ0n) is 11.3. The summed E-state index contributed by atoms with van der Waals surface area (Å²) in [7, 11) is 4.05. The van der Waals surface area contributed by atoms with E-state index in [1.54, 1.807) is 17.0 Å². The lowest BCUT2D eigenvalue weighted by Gasteiger charge is -2.36. The van der Waals surface area contributed by atoms with Crippen LogP contribution in [0.3, 0.4) is 0 Å². The molecule has 1 aromatic carbocycles. The molecule has 1 amide bonds. The van der Waals surface area contributed by atoms with Crippen LogP contribution in [0.1, 0.15) is 23.2 Å². The molecule has 1 aromatic rings. The van der Waals surface area contributed by atoms with E-state index >= 15 is 0 Å². The molecule has 0 saturated carbocycles. The average Bonchev–Trinajstić information content (AvgIpc) is 2.38. The van der Waals surface area contributed by atoms with Gasteiger partial charge >= 0.3 is 0 Å². The number of carbonyl (C=O) groups is 1. The molecule has 104 valence electrons. The van der Waals surface area contributed by atoms with E-state index in [-0.39, 0.29) is 11.7 Å². The number of rotatable bonds is 2. The third-order valence-corrected chi connectivity index (χ3v) is 3.84. The summed E-state index contributed by atoms with van der Waals surface area (Å²) in [4.78, 5) is 16.3. The number of aromatic hydroxyl groups is 1.